The number of ether oxygens (including phenoxy) is 2. The summed E-state index contributed by atoms with van der Waals surface area (Å²) in [5, 5.41) is 5.01. The van der Waals surface area contributed by atoms with Crippen LogP contribution in [0.3, 0.4) is 0 Å². The maximum atomic E-state index is 12.3. The van der Waals surface area contributed by atoms with Crippen LogP contribution in [0.25, 0.3) is 16.8 Å². The number of rotatable bonds is 8. The summed E-state index contributed by atoms with van der Waals surface area (Å²) in [6.07, 6.45) is 5.31. The molecule has 0 aliphatic carbocycles. The van der Waals surface area contributed by atoms with Gasteiger partial charge in [0, 0.05) is 54.6 Å². The Balaban J connectivity index is 1.30. The number of aryl methyl sites for hydroxylation is 1. The first-order valence-electron chi connectivity index (χ1n) is 14.2. The molecule has 2 atom stereocenters. The number of morpholine rings is 1. The van der Waals surface area contributed by atoms with Crippen LogP contribution in [0.15, 0.2) is 76.8 Å². The monoisotopic (exact) mass is 600 g/mol. The number of aromatic nitrogens is 5. The van der Waals surface area contributed by atoms with Gasteiger partial charge in [-0.15, -0.1) is 0 Å². The maximum absolute atomic E-state index is 12.3. The highest BCUT2D eigenvalue weighted by atomic mass is 35.5. The van der Waals surface area contributed by atoms with Gasteiger partial charge in [0.05, 0.1) is 37.6 Å². The van der Waals surface area contributed by atoms with Crippen molar-refractivity contribution in [2.24, 2.45) is 0 Å². The van der Waals surface area contributed by atoms with E-state index in [-0.39, 0.29) is 24.2 Å². The van der Waals surface area contributed by atoms with E-state index in [1.54, 1.807) is 17.8 Å². The summed E-state index contributed by atoms with van der Waals surface area (Å²) in [7, 11) is 1.67. The molecule has 1 aliphatic heterocycles. The van der Waals surface area contributed by atoms with Crippen molar-refractivity contribution in [3.8, 4) is 17.0 Å². The van der Waals surface area contributed by atoms with Crippen molar-refractivity contribution >= 4 is 17.1 Å². The summed E-state index contributed by atoms with van der Waals surface area (Å²) in [5.41, 5.74) is 5.66. The molecular formula is C32H33ClN6O4. The Bertz CT molecular complexity index is 1850. The minimum absolute atomic E-state index is 0.0232. The number of aromatic amines is 1. The van der Waals surface area contributed by atoms with E-state index in [0.717, 1.165) is 56.9 Å². The van der Waals surface area contributed by atoms with Gasteiger partial charge in [0.15, 0.2) is 0 Å². The van der Waals surface area contributed by atoms with E-state index in [1.807, 2.05) is 30.3 Å². The number of fused-ring (bicyclic) bond motifs is 1. The smallest absolute Gasteiger partial charge is 0.328 e. The summed E-state index contributed by atoms with van der Waals surface area (Å²) < 4.78 is 14.5. The van der Waals surface area contributed by atoms with E-state index in [2.05, 4.69) is 45.9 Å². The number of nitrogens with zero attached hydrogens (tertiary/aromatic N) is 5. The average molecular weight is 601 g/mol. The predicted octanol–water partition coefficient (Wildman–Crippen LogP) is 4.10. The van der Waals surface area contributed by atoms with Crippen molar-refractivity contribution in [2.45, 2.75) is 45.5 Å². The van der Waals surface area contributed by atoms with Gasteiger partial charge in [0.1, 0.15) is 12.1 Å². The minimum Gasteiger partial charge on any atom is -0.497 e. The lowest BCUT2D eigenvalue weighted by atomic mass is 9.93. The number of benzene rings is 2. The van der Waals surface area contributed by atoms with E-state index in [9.17, 15) is 9.59 Å². The molecule has 0 spiro atoms. The molecule has 4 heterocycles. The Morgan fingerprint density at radius 1 is 1.09 bits per heavy atom. The van der Waals surface area contributed by atoms with Crippen molar-refractivity contribution in [1.82, 2.24) is 29.0 Å². The summed E-state index contributed by atoms with van der Waals surface area (Å²) in [5.74, 6) is 0.846. The highest BCUT2D eigenvalue weighted by molar-refractivity contribution is 6.31. The number of nitrogens with one attached hydrogen (secondary N) is 1. The average Bonchev–Trinajstić information content (AvgIpc) is 3.41. The molecule has 1 saturated heterocycles. The molecule has 3 aromatic heterocycles. The Labute approximate surface area is 253 Å². The fraction of sp³-hybridized carbons (Fsp3) is 0.312. The summed E-state index contributed by atoms with van der Waals surface area (Å²) in [6, 6.07) is 15.6. The quantitative estimate of drug-likeness (QED) is 0.286. The first kappa shape index (κ1) is 28.9. The Morgan fingerprint density at radius 3 is 2.67 bits per heavy atom. The van der Waals surface area contributed by atoms with Crippen LogP contribution in [-0.4, -0.2) is 61.5 Å². The molecule has 0 bridgehead atoms. The topological polar surface area (TPSA) is 107 Å². The van der Waals surface area contributed by atoms with E-state index in [0.29, 0.717) is 18.1 Å². The highest BCUT2D eigenvalue weighted by Gasteiger charge is 2.28. The fourth-order valence-corrected chi connectivity index (χ4v) is 6.00. The Hall–Kier alpha value is -4.25. The zero-order chi connectivity index (χ0) is 30.1. The second-order valence-electron chi connectivity index (χ2n) is 11.0. The fourth-order valence-electron chi connectivity index (χ4n) is 5.73. The van der Waals surface area contributed by atoms with Gasteiger partial charge in [-0.3, -0.25) is 14.3 Å². The molecule has 0 radical (unpaired) electrons. The lowest BCUT2D eigenvalue weighted by Gasteiger charge is -2.38. The first-order valence-corrected chi connectivity index (χ1v) is 14.6. The van der Waals surface area contributed by atoms with Gasteiger partial charge in [-0.05, 0) is 66.4 Å². The third-order valence-corrected chi connectivity index (χ3v) is 8.27. The third kappa shape index (κ3) is 6.13. The number of methoxy groups -OCH3 is 1. The zero-order valence-electron chi connectivity index (χ0n) is 24.3. The number of halogens is 1. The van der Waals surface area contributed by atoms with Crippen LogP contribution in [0.4, 0.5) is 0 Å². The van der Waals surface area contributed by atoms with Gasteiger partial charge in [0.25, 0.3) is 5.56 Å². The molecule has 43 heavy (non-hydrogen) atoms. The van der Waals surface area contributed by atoms with E-state index in [4.69, 9.17) is 21.1 Å². The van der Waals surface area contributed by atoms with Crippen LogP contribution < -0.4 is 16.0 Å². The number of hydrogen-bond acceptors (Lipinski definition) is 7. The molecule has 1 unspecified atom stereocenters. The second-order valence-corrected chi connectivity index (χ2v) is 11.5. The van der Waals surface area contributed by atoms with Gasteiger partial charge in [-0.1, -0.05) is 23.7 Å². The van der Waals surface area contributed by atoms with Crippen molar-refractivity contribution in [3.05, 3.63) is 115 Å². The molecule has 1 N–H and O–H groups in total. The first-order chi connectivity index (χ1) is 20.8. The van der Waals surface area contributed by atoms with Gasteiger partial charge in [-0.2, -0.15) is 5.10 Å². The molecule has 5 aromatic rings. The molecular weight excluding hydrogens is 568 g/mol. The van der Waals surface area contributed by atoms with Crippen LogP contribution in [0.5, 0.6) is 5.75 Å². The molecule has 10 nitrogen and oxygen atoms in total. The highest BCUT2D eigenvalue weighted by Crippen LogP contribution is 2.33. The second kappa shape index (κ2) is 12.2. The molecule has 1 fully saturated rings. The molecule has 0 saturated carbocycles. The molecule has 0 amide bonds. The van der Waals surface area contributed by atoms with Crippen molar-refractivity contribution in [2.75, 3.05) is 20.3 Å². The number of hydrogen-bond donors (Lipinski definition) is 1. The maximum Gasteiger partial charge on any atom is 0.328 e. The minimum atomic E-state index is -0.468. The molecule has 1 aliphatic rings. The van der Waals surface area contributed by atoms with Crippen LogP contribution in [0, 0.1) is 6.92 Å². The Kier molecular flexibility index (Phi) is 8.16. The normalized spacial score (nSPS) is 17.4. The van der Waals surface area contributed by atoms with Crippen LogP contribution >= 0.6 is 11.6 Å². The van der Waals surface area contributed by atoms with Crippen molar-refractivity contribution < 1.29 is 9.47 Å². The van der Waals surface area contributed by atoms with E-state index < -0.39 is 5.69 Å². The third-order valence-electron chi connectivity index (χ3n) is 8.05. The van der Waals surface area contributed by atoms with Crippen molar-refractivity contribution in [1.29, 1.82) is 0 Å². The number of H-pyrrole nitrogens is 1. The van der Waals surface area contributed by atoms with Crippen molar-refractivity contribution in [3.63, 3.8) is 0 Å². The summed E-state index contributed by atoms with van der Waals surface area (Å²) in [4.78, 5) is 34.3. The molecule has 11 heteroatoms. The van der Waals surface area contributed by atoms with Gasteiger partial charge in [0.2, 0.25) is 0 Å². The van der Waals surface area contributed by atoms with Crippen LogP contribution in [0.1, 0.15) is 29.2 Å². The summed E-state index contributed by atoms with van der Waals surface area (Å²) in [6.45, 7) is 6.60. The largest absolute Gasteiger partial charge is 0.497 e. The molecule has 6 rings (SSSR count). The van der Waals surface area contributed by atoms with Gasteiger partial charge < -0.3 is 14.5 Å². The van der Waals surface area contributed by atoms with Crippen LogP contribution in [0.2, 0.25) is 5.02 Å². The SMILES string of the molecule is COc1ccc(CN2CC(Cc3c(C)cc(Cl)cc3-c3ncnn4cc(Cn5c(=O)cc[nH]c5=O)cc34)OC[C@@H]2C)cc1. The molecule has 2 aromatic carbocycles. The van der Waals surface area contributed by atoms with Gasteiger partial charge >= 0.3 is 5.69 Å². The van der Waals surface area contributed by atoms with E-state index in [1.165, 1.54) is 24.2 Å². The predicted molar refractivity (Wildman–Crippen MR) is 165 cm³/mol. The van der Waals surface area contributed by atoms with E-state index >= 15 is 0 Å². The standard InChI is InChI=1S/C32H33ClN6O4/c1-20-10-24(33)12-28(27(20)13-26-17-37(21(2)18-43-26)14-22-4-6-25(42-3)7-5-22)31-29-11-23(16-39(29)36-19-35-31)15-38-30(40)8-9-34-32(38)41/h4-12,16,19,21,26H,13-15,17-18H2,1-3H3,(H,34,41)/t21-,26?/m0/s1. The zero-order valence-corrected chi connectivity index (χ0v) is 25.0. The lowest BCUT2D eigenvalue weighted by Crippen LogP contribution is -2.48. The lowest BCUT2D eigenvalue weighted by molar-refractivity contribution is -0.0606. The summed E-state index contributed by atoms with van der Waals surface area (Å²) >= 11 is 6.59. The van der Waals surface area contributed by atoms with Crippen LogP contribution in [-0.2, 0) is 24.2 Å². The molecule has 222 valence electrons. The van der Waals surface area contributed by atoms with Gasteiger partial charge in [-0.25, -0.2) is 14.3 Å². The Morgan fingerprint density at radius 2 is 1.91 bits per heavy atom.